The summed E-state index contributed by atoms with van der Waals surface area (Å²) in [6.45, 7) is 7.74. The van der Waals surface area contributed by atoms with Gasteiger partial charge >= 0.3 is 0 Å². The first-order valence-corrected chi connectivity index (χ1v) is 5.07. The molecule has 0 radical (unpaired) electrons. The molecule has 2 atom stereocenters. The van der Waals surface area contributed by atoms with Crippen molar-refractivity contribution in [2.75, 3.05) is 12.4 Å². The third-order valence-corrected chi connectivity index (χ3v) is 2.50. The van der Waals surface area contributed by atoms with Crippen LogP contribution in [0.3, 0.4) is 0 Å². The fraction of sp³-hybridized carbons (Fsp3) is 1.00. The molecule has 0 heterocycles. The van der Waals surface area contributed by atoms with Crippen LogP contribution in [0.5, 0.6) is 0 Å². The van der Waals surface area contributed by atoms with Gasteiger partial charge in [0.05, 0.1) is 0 Å². The molecule has 2 heteroatoms. The molecule has 0 aromatic heterocycles. The van der Waals surface area contributed by atoms with E-state index in [1.54, 1.807) is 0 Å². The lowest BCUT2D eigenvalue weighted by atomic mass is 10.1. The normalized spacial score (nSPS) is 16.4. The van der Waals surface area contributed by atoms with Crippen molar-refractivity contribution in [2.45, 2.75) is 39.7 Å². The lowest BCUT2D eigenvalue weighted by Gasteiger charge is -2.16. The van der Waals surface area contributed by atoms with E-state index in [-0.39, 0.29) is 0 Å². The monoisotopic (exact) mass is 177 g/mol. The number of nitrogens with one attached hydrogen (secondary N) is 1. The lowest BCUT2D eigenvalue weighted by molar-refractivity contribution is 0.449. The highest BCUT2D eigenvalue weighted by atomic mass is 35.5. The van der Waals surface area contributed by atoms with Crippen molar-refractivity contribution in [1.82, 2.24) is 5.32 Å². The minimum Gasteiger partial charge on any atom is -0.313 e. The van der Waals surface area contributed by atoms with Gasteiger partial charge < -0.3 is 5.32 Å². The summed E-state index contributed by atoms with van der Waals surface area (Å²) in [5, 5.41) is 3.44. The predicted molar refractivity (Wildman–Crippen MR) is 52.3 cm³/mol. The average molecular weight is 178 g/mol. The average Bonchev–Trinajstić information content (AvgIpc) is 2.06. The molecule has 2 unspecified atom stereocenters. The lowest BCUT2D eigenvalue weighted by Crippen LogP contribution is -2.33. The molecule has 1 nitrogen and oxygen atoms in total. The van der Waals surface area contributed by atoms with Crippen molar-refractivity contribution >= 4 is 11.6 Å². The van der Waals surface area contributed by atoms with Crippen LogP contribution in [0.25, 0.3) is 0 Å². The minimum atomic E-state index is 0.505. The largest absolute Gasteiger partial charge is 0.313 e. The van der Waals surface area contributed by atoms with Gasteiger partial charge in [-0.25, -0.2) is 0 Å². The van der Waals surface area contributed by atoms with Gasteiger partial charge in [0, 0.05) is 11.9 Å². The Morgan fingerprint density at radius 2 is 1.91 bits per heavy atom. The topological polar surface area (TPSA) is 12.0 Å². The Kier molecular flexibility index (Phi) is 7.09. The van der Waals surface area contributed by atoms with Crippen LogP contribution in [0.15, 0.2) is 0 Å². The van der Waals surface area contributed by atoms with E-state index in [1.165, 1.54) is 6.42 Å². The fourth-order valence-corrected chi connectivity index (χ4v) is 1.15. The van der Waals surface area contributed by atoms with Crippen LogP contribution in [0.2, 0.25) is 0 Å². The second kappa shape index (κ2) is 6.93. The molecule has 11 heavy (non-hydrogen) atoms. The van der Waals surface area contributed by atoms with Crippen molar-refractivity contribution < 1.29 is 0 Å². The Morgan fingerprint density at radius 3 is 2.27 bits per heavy atom. The van der Waals surface area contributed by atoms with E-state index in [4.69, 9.17) is 11.6 Å². The molecule has 0 aromatic carbocycles. The first-order valence-electron chi connectivity index (χ1n) is 4.53. The van der Waals surface area contributed by atoms with E-state index in [0.29, 0.717) is 6.04 Å². The maximum Gasteiger partial charge on any atom is 0.0377 e. The Hall–Kier alpha value is 0.250. The Balaban J connectivity index is 3.34. The Labute approximate surface area is 75.5 Å². The van der Waals surface area contributed by atoms with Crippen molar-refractivity contribution in [1.29, 1.82) is 0 Å². The summed E-state index contributed by atoms with van der Waals surface area (Å²) in [5.41, 5.74) is 0. The second-order valence-corrected chi connectivity index (χ2v) is 3.49. The summed E-state index contributed by atoms with van der Waals surface area (Å²) < 4.78 is 0. The first-order chi connectivity index (χ1) is 5.24. The zero-order chi connectivity index (χ0) is 8.69. The van der Waals surface area contributed by atoms with Crippen LogP contribution in [-0.2, 0) is 0 Å². The zero-order valence-electron chi connectivity index (χ0n) is 7.86. The van der Waals surface area contributed by atoms with E-state index < -0.39 is 0 Å². The van der Waals surface area contributed by atoms with E-state index in [2.05, 4.69) is 26.1 Å². The number of alkyl halides is 1. The van der Waals surface area contributed by atoms with Crippen molar-refractivity contribution in [3.63, 3.8) is 0 Å². The molecule has 0 aliphatic carbocycles. The third-order valence-electron chi connectivity index (χ3n) is 2.13. The van der Waals surface area contributed by atoms with Gasteiger partial charge in [-0.1, -0.05) is 27.2 Å². The van der Waals surface area contributed by atoms with Crippen LogP contribution >= 0.6 is 11.6 Å². The van der Waals surface area contributed by atoms with E-state index >= 15 is 0 Å². The molecule has 0 rings (SSSR count). The molecule has 0 amide bonds. The number of hydrogen-bond donors (Lipinski definition) is 1. The highest BCUT2D eigenvalue weighted by Crippen LogP contribution is 2.00. The van der Waals surface area contributed by atoms with Gasteiger partial charge in [0.1, 0.15) is 0 Å². The van der Waals surface area contributed by atoms with Crippen LogP contribution < -0.4 is 5.32 Å². The molecule has 0 bridgehead atoms. The van der Waals surface area contributed by atoms with Crippen molar-refractivity contribution in [3.8, 4) is 0 Å². The number of hydrogen-bond acceptors (Lipinski definition) is 1. The van der Waals surface area contributed by atoms with Crippen LogP contribution in [0.1, 0.15) is 33.6 Å². The summed E-state index contributed by atoms with van der Waals surface area (Å²) >= 11 is 5.73. The van der Waals surface area contributed by atoms with Crippen molar-refractivity contribution in [3.05, 3.63) is 0 Å². The smallest absolute Gasteiger partial charge is 0.0377 e. The predicted octanol–water partition coefficient (Wildman–Crippen LogP) is 2.64. The van der Waals surface area contributed by atoms with Gasteiger partial charge in [-0.05, 0) is 18.9 Å². The van der Waals surface area contributed by atoms with Crippen LogP contribution in [0, 0.1) is 5.92 Å². The number of halogens is 1. The molecule has 68 valence electrons. The molecule has 0 aliphatic heterocycles. The molecule has 1 N–H and O–H groups in total. The van der Waals surface area contributed by atoms with Gasteiger partial charge in [-0.3, -0.25) is 0 Å². The molecular weight excluding hydrogens is 158 g/mol. The van der Waals surface area contributed by atoms with Gasteiger partial charge in [-0.15, -0.1) is 11.6 Å². The Bertz CT molecular complexity index is 81.6. The molecule has 0 saturated heterocycles. The highest BCUT2D eigenvalue weighted by Gasteiger charge is 2.04. The molecule has 0 spiro atoms. The maximum atomic E-state index is 5.73. The number of rotatable bonds is 6. The molecular formula is C9H20ClN. The van der Waals surface area contributed by atoms with Crippen LogP contribution in [-0.4, -0.2) is 18.5 Å². The summed E-state index contributed by atoms with van der Waals surface area (Å²) in [5.74, 6) is 1.50. The standard InChI is InChI=1S/C9H20ClN/c1-4-8(3)7-11-9(5-2)6-10/h8-9,11H,4-7H2,1-3H3. The maximum absolute atomic E-state index is 5.73. The second-order valence-electron chi connectivity index (χ2n) is 3.18. The van der Waals surface area contributed by atoms with Gasteiger partial charge in [0.2, 0.25) is 0 Å². The van der Waals surface area contributed by atoms with E-state index in [9.17, 15) is 0 Å². The highest BCUT2D eigenvalue weighted by molar-refractivity contribution is 6.18. The third kappa shape index (κ3) is 5.51. The first kappa shape index (κ1) is 11.2. The summed E-state index contributed by atoms with van der Waals surface area (Å²) in [4.78, 5) is 0. The van der Waals surface area contributed by atoms with E-state index in [1.807, 2.05) is 0 Å². The van der Waals surface area contributed by atoms with Crippen molar-refractivity contribution in [2.24, 2.45) is 5.92 Å². The van der Waals surface area contributed by atoms with Gasteiger partial charge in [0.15, 0.2) is 0 Å². The van der Waals surface area contributed by atoms with E-state index in [0.717, 1.165) is 24.8 Å². The summed E-state index contributed by atoms with van der Waals surface area (Å²) in [6, 6.07) is 0.505. The van der Waals surface area contributed by atoms with Gasteiger partial charge in [-0.2, -0.15) is 0 Å². The Morgan fingerprint density at radius 1 is 1.27 bits per heavy atom. The fourth-order valence-electron chi connectivity index (χ4n) is 0.820. The summed E-state index contributed by atoms with van der Waals surface area (Å²) in [6.07, 6.45) is 2.37. The minimum absolute atomic E-state index is 0.505. The SMILES string of the molecule is CCC(C)CNC(CC)CCl. The molecule has 0 fully saturated rings. The molecule has 0 aliphatic rings. The quantitative estimate of drug-likeness (QED) is 0.616. The summed E-state index contributed by atoms with van der Waals surface area (Å²) in [7, 11) is 0. The molecule has 0 saturated carbocycles. The molecule has 0 aromatic rings. The zero-order valence-corrected chi connectivity index (χ0v) is 8.62. The van der Waals surface area contributed by atoms with Gasteiger partial charge in [0.25, 0.3) is 0 Å². The van der Waals surface area contributed by atoms with Crippen LogP contribution in [0.4, 0.5) is 0 Å².